The van der Waals surface area contributed by atoms with Crippen molar-refractivity contribution in [3.63, 3.8) is 0 Å². The Labute approximate surface area is 145 Å². The van der Waals surface area contributed by atoms with E-state index in [2.05, 4.69) is 69.8 Å². The third kappa shape index (κ3) is 3.40. The highest BCUT2D eigenvalue weighted by Crippen LogP contribution is 2.40. The van der Waals surface area contributed by atoms with Crippen molar-refractivity contribution in [3.05, 3.63) is 66.0 Å². The Kier molecular flexibility index (Phi) is 5.35. The lowest BCUT2D eigenvalue weighted by atomic mass is 10.1. The molecule has 94 valence electrons. The SMILES string of the molecule is Clc1ccc(C(Br)c2cc(Br)ccc2Br)c(Br)c1. The third-order valence-corrected chi connectivity index (χ3v) is 5.59. The van der Waals surface area contributed by atoms with E-state index in [4.69, 9.17) is 11.6 Å². The van der Waals surface area contributed by atoms with Crippen molar-refractivity contribution in [3.8, 4) is 0 Å². The zero-order valence-electron chi connectivity index (χ0n) is 8.93. The molecule has 5 heteroatoms. The fourth-order valence-corrected chi connectivity index (χ4v) is 4.74. The van der Waals surface area contributed by atoms with Gasteiger partial charge in [0.05, 0.1) is 4.83 Å². The van der Waals surface area contributed by atoms with Crippen LogP contribution < -0.4 is 0 Å². The maximum absolute atomic E-state index is 5.96. The van der Waals surface area contributed by atoms with E-state index in [9.17, 15) is 0 Å². The zero-order valence-corrected chi connectivity index (χ0v) is 16.0. The van der Waals surface area contributed by atoms with Gasteiger partial charge in [0, 0.05) is 18.4 Å². The van der Waals surface area contributed by atoms with Crippen molar-refractivity contribution < 1.29 is 0 Å². The van der Waals surface area contributed by atoms with Crippen molar-refractivity contribution in [1.29, 1.82) is 0 Å². The first-order valence-corrected chi connectivity index (χ1v) is 8.70. The van der Waals surface area contributed by atoms with E-state index < -0.39 is 0 Å². The van der Waals surface area contributed by atoms with Crippen molar-refractivity contribution >= 4 is 75.3 Å². The number of hydrogen-bond acceptors (Lipinski definition) is 0. The van der Waals surface area contributed by atoms with Gasteiger partial charge in [-0.15, -0.1) is 0 Å². The second-order valence-corrected chi connectivity index (χ2v) is 7.67. The molecule has 2 rings (SSSR count). The molecule has 0 bridgehead atoms. The van der Waals surface area contributed by atoms with Crippen LogP contribution in [0.2, 0.25) is 5.02 Å². The molecule has 0 spiro atoms. The highest BCUT2D eigenvalue weighted by Gasteiger charge is 2.16. The molecule has 0 aromatic heterocycles. The molecule has 0 aliphatic heterocycles. The van der Waals surface area contributed by atoms with Crippen LogP contribution in [0.3, 0.4) is 0 Å². The molecule has 2 aromatic rings. The van der Waals surface area contributed by atoms with Crippen LogP contribution in [-0.4, -0.2) is 0 Å². The number of rotatable bonds is 2. The molecule has 0 aliphatic carbocycles. The zero-order chi connectivity index (χ0) is 13.3. The molecule has 0 N–H and O–H groups in total. The Morgan fingerprint density at radius 2 is 1.56 bits per heavy atom. The van der Waals surface area contributed by atoms with E-state index in [0.717, 1.165) is 29.6 Å². The summed E-state index contributed by atoms with van der Waals surface area (Å²) in [6, 6.07) is 11.9. The average Bonchev–Trinajstić information content (AvgIpc) is 2.31. The van der Waals surface area contributed by atoms with Gasteiger partial charge in [-0.05, 0) is 41.5 Å². The second-order valence-electron chi connectivity index (χ2n) is 3.69. The molecule has 2 aromatic carbocycles. The van der Waals surface area contributed by atoms with Crippen LogP contribution in [0.5, 0.6) is 0 Å². The maximum atomic E-state index is 5.96. The smallest absolute Gasteiger partial charge is 0.0666 e. The molecule has 0 saturated heterocycles. The molecular formula is C13H7Br4Cl. The van der Waals surface area contributed by atoms with Gasteiger partial charge in [-0.25, -0.2) is 0 Å². The summed E-state index contributed by atoms with van der Waals surface area (Å²) in [7, 11) is 0. The Bertz CT molecular complexity index is 583. The molecule has 0 aliphatic rings. The molecular weight excluding hydrogens is 511 g/mol. The van der Waals surface area contributed by atoms with E-state index in [1.165, 1.54) is 0 Å². The quantitative estimate of drug-likeness (QED) is 0.372. The van der Waals surface area contributed by atoms with Crippen LogP contribution in [0.4, 0.5) is 0 Å². The fourth-order valence-electron chi connectivity index (χ4n) is 1.58. The molecule has 0 saturated carbocycles. The first-order chi connectivity index (χ1) is 8.49. The Morgan fingerprint density at radius 3 is 2.22 bits per heavy atom. The fraction of sp³-hybridized carbons (Fsp3) is 0.0769. The van der Waals surface area contributed by atoms with Crippen LogP contribution in [0, 0.1) is 0 Å². The van der Waals surface area contributed by atoms with Crippen molar-refractivity contribution in [1.82, 2.24) is 0 Å². The predicted octanol–water partition coefficient (Wildman–Crippen LogP) is 7.11. The highest BCUT2D eigenvalue weighted by atomic mass is 79.9. The van der Waals surface area contributed by atoms with Crippen molar-refractivity contribution in [2.75, 3.05) is 0 Å². The lowest BCUT2D eigenvalue weighted by Crippen LogP contribution is -1.95. The summed E-state index contributed by atoms with van der Waals surface area (Å²) in [6.07, 6.45) is 0. The van der Waals surface area contributed by atoms with Gasteiger partial charge in [-0.2, -0.15) is 0 Å². The van der Waals surface area contributed by atoms with Crippen molar-refractivity contribution in [2.45, 2.75) is 4.83 Å². The molecule has 0 heterocycles. The first-order valence-electron chi connectivity index (χ1n) is 5.03. The predicted molar refractivity (Wildman–Crippen MR) is 91.8 cm³/mol. The van der Waals surface area contributed by atoms with E-state index in [1.807, 2.05) is 30.3 Å². The first kappa shape index (κ1) is 15.0. The minimum absolute atomic E-state index is 0.0935. The van der Waals surface area contributed by atoms with Gasteiger partial charge in [0.2, 0.25) is 0 Å². The highest BCUT2D eigenvalue weighted by molar-refractivity contribution is 9.11. The Hall–Kier alpha value is 0.650. The molecule has 1 atom stereocenters. The second kappa shape index (κ2) is 6.40. The van der Waals surface area contributed by atoms with Crippen LogP contribution >= 0.6 is 75.3 Å². The van der Waals surface area contributed by atoms with Crippen LogP contribution in [0.25, 0.3) is 0 Å². The van der Waals surface area contributed by atoms with E-state index in [1.54, 1.807) is 0 Å². The minimum atomic E-state index is 0.0935. The molecule has 0 nitrogen and oxygen atoms in total. The lowest BCUT2D eigenvalue weighted by molar-refractivity contribution is 1.15. The summed E-state index contributed by atoms with van der Waals surface area (Å²) < 4.78 is 3.11. The van der Waals surface area contributed by atoms with Crippen molar-refractivity contribution in [2.24, 2.45) is 0 Å². The summed E-state index contributed by atoms with van der Waals surface area (Å²) in [6.45, 7) is 0. The average molecular weight is 518 g/mol. The summed E-state index contributed by atoms with van der Waals surface area (Å²) in [4.78, 5) is 0.0935. The van der Waals surface area contributed by atoms with Crippen LogP contribution in [0.15, 0.2) is 49.8 Å². The van der Waals surface area contributed by atoms with Crippen LogP contribution in [0.1, 0.15) is 16.0 Å². The van der Waals surface area contributed by atoms with E-state index >= 15 is 0 Å². The Balaban J connectivity index is 2.47. The summed E-state index contributed by atoms with van der Waals surface area (Å²) in [5.41, 5.74) is 2.30. The number of benzene rings is 2. The standard InChI is InChI=1S/C13H7Br4Cl/c14-7-1-4-11(15)10(5-7)13(17)9-3-2-8(18)6-12(9)16/h1-6,13H. The third-order valence-electron chi connectivity index (χ3n) is 2.47. The van der Waals surface area contributed by atoms with Crippen LogP contribution in [-0.2, 0) is 0 Å². The van der Waals surface area contributed by atoms with Gasteiger partial charge >= 0.3 is 0 Å². The topological polar surface area (TPSA) is 0 Å². The molecule has 0 radical (unpaired) electrons. The van der Waals surface area contributed by atoms with Gasteiger partial charge in [0.1, 0.15) is 0 Å². The van der Waals surface area contributed by atoms with Gasteiger partial charge in [0.25, 0.3) is 0 Å². The summed E-state index contributed by atoms with van der Waals surface area (Å²) in [5.74, 6) is 0. The molecule has 0 fully saturated rings. The number of hydrogen-bond donors (Lipinski definition) is 0. The summed E-state index contributed by atoms with van der Waals surface area (Å²) in [5, 5.41) is 0.721. The lowest BCUT2D eigenvalue weighted by Gasteiger charge is -2.15. The normalized spacial score (nSPS) is 12.5. The van der Waals surface area contributed by atoms with Gasteiger partial charge < -0.3 is 0 Å². The maximum Gasteiger partial charge on any atom is 0.0666 e. The summed E-state index contributed by atoms with van der Waals surface area (Å²) >= 11 is 20.3. The van der Waals surface area contributed by atoms with E-state index in [0.29, 0.717) is 0 Å². The van der Waals surface area contributed by atoms with Gasteiger partial charge in [-0.3, -0.25) is 0 Å². The Morgan fingerprint density at radius 1 is 0.833 bits per heavy atom. The molecule has 1 unspecified atom stereocenters. The largest absolute Gasteiger partial charge is 0.0843 e. The molecule has 0 amide bonds. The van der Waals surface area contributed by atoms with E-state index in [-0.39, 0.29) is 4.83 Å². The van der Waals surface area contributed by atoms with Gasteiger partial charge in [-0.1, -0.05) is 81.4 Å². The van der Waals surface area contributed by atoms with Gasteiger partial charge in [0.15, 0.2) is 0 Å². The monoisotopic (exact) mass is 514 g/mol. The minimum Gasteiger partial charge on any atom is -0.0843 e. The number of halogens is 5. The molecule has 18 heavy (non-hydrogen) atoms. The number of alkyl halides is 1.